The highest BCUT2D eigenvalue weighted by molar-refractivity contribution is 5.92. The average molecular weight is 312 g/mol. The van der Waals surface area contributed by atoms with E-state index >= 15 is 0 Å². The van der Waals surface area contributed by atoms with Crippen LogP contribution in [0.3, 0.4) is 0 Å². The lowest BCUT2D eigenvalue weighted by Gasteiger charge is -2.21. The molecule has 0 heterocycles. The van der Waals surface area contributed by atoms with Gasteiger partial charge in [-0.05, 0) is 49.6 Å². The van der Waals surface area contributed by atoms with Crippen molar-refractivity contribution in [3.63, 3.8) is 0 Å². The van der Waals surface area contributed by atoms with Crippen molar-refractivity contribution < 1.29 is 9.18 Å². The number of carbonyl (C=O) groups is 1. The number of amides is 1. The molecule has 120 valence electrons. The van der Waals surface area contributed by atoms with Crippen molar-refractivity contribution in [2.75, 3.05) is 11.9 Å². The number of hydrogen-bond acceptors (Lipinski definition) is 2. The molecule has 1 aliphatic carbocycles. The van der Waals surface area contributed by atoms with Crippen LogP contribution in [-0.4, -0.2) is 23.4 Å². The largest absolute Gasteiger partial charge is 0.325 e. The zero-order valence-corrected chi connectivity index (χ0v) is 13.3. The maximum atomic E-state index is 13.0. The summed E-state index contributed by atoms with van der Waals surface area (Å²) in [6.07, 6.45) is 2.25. The van der Waals surface area contributed by atoms with Crippen molar-refractivity contribution in [2.45, 2.75) is 32.4 Å². The van der Waals surface area contributed by atoms with Gasteiger partial charge in [-0.1, -0.05) is 29.8 Å². The van der Waals surface area contributed by atoms with Gasteiger partial charge in [-0.2, -0.15) is 0 Å². The molecular formula is C19H21FN2O. The smallest absolute Gasteiger partial charge is 0.238 e. The second kappa shape index (κ2) is 6.92. The first kappa shape index (κ1) is 15.7. The quantitative estimate of drug-likeness (QED) is 0.881. The van der Waals surface area contributed by atoms with Crippen LogP contribution < -0.4 is 5.32 Å². The van der Waals surface area contributed by atoms with Crippen molar-refractivity contribution in [1.29, 1.82) is 0 Å². The summed E-state index contributed by atoms with van der Waals surface area (Å²) in [5, 5.41) is 2.94. The van der Waals surface area contributed by atoms with Crippen LogP contribution in [0.25, 0.3) is 0 Å². The van der Waals surface area contributed by atoms with Gasteiger partial charge in [0.1, 0.15) is 5.82 Å². The molecule has 1 amide bonds. The van der Waals surface area contributed by atoms with E-state index in [2.05, 4.69) is 10.2 Å². The first-order valence-electron chi connectivity index (χ1n) is 7.95. The lowest BCUT2D eigenvalue weighted by Crippen LogP contribution is -2.34. The minimum absolute atomic E-state index is 0.0112. The third-order valence-electron chi connectivity index (χ3n) is 4.04. The molecule has 0 atom stereocenters. The molecule has 3 rings (SSSR count). The minimum atomic E-state index is -0.233. The van der Waals surface area contributed by atoms with Crippen molar-refractivity contribution in [3.05, 3.63) is 65.5 Å². The van der Waals surface area contributed by atoms with Gasteiger partial charge in [0.15, 0.2) is 0 Å². The zero-order valence-electron chi connectivity index (χ0n) is 13.3. The third-order valence-corrected chi connectivity index (χ3v) is 4.04. The molecule has 2 aromatic carbocycles. The van der Waals surface area contributed by atoms with Gasteiger partial charge in [0, 0.05) is 18.3 Å². The number of rotatable bonds is 6. The number of benzene rings is 2. The van der Waals surface area contributed by atoms with E-state index in [1.807, 2.05) is 31.2 Å². The van der Waals surface area contributed by atoms with E-state index in [0.717, 1.165) is 24.1 Å². The van der Waals surface area contributed by atoms with Gasteiger partial charge in [-0.25, -0.2) is 4.39 Å². The summed E-state index contributed by atoms with van der Waals surface area (Å²) in [5.41, 5.74) is 3.01. The molecule has 1 N–H and O–H groups in total. The molecule has 0 unspecified atom stereocenters. The molecule has 0 aliphatic heterocycles. The van der Waals surface area contributed by atoms with Gasteiger partial charge in [0.25, 0.3) is 0 Å². The number of nitrogens with zero attached hydrogens (tertiary/aromatic N) is 1. The van der Waals surface area contributed by atoms with Crippen LogP contribution >= 0.6 is 0 Å². The van der Waals surface area contributed by atoms with Crippen LogP contribution in [0.5, 0.6) is 0 Å². The van der Waals surface area contributed by atoms with E-state index in [0.29, 0.717) is 19.1 Å². The standard InChI is InChI=1S/C19H21FN2O/c1-14-2-8-17(9-3-14)21-19(23)13-22(18-10-11-18)12-15-4-6-16(20)7-5-15/h2-9,18H,10-13H2,1H3,(H,21,23). The highest BCUT2D eigenvalue weighted by Crippen LogP contribution is 2.28. The molecular weight excluding hydrogens is 291 g/mol. The van der Waals surface area contributed by atoms with E-state index < -0.39 is 0 Å². The molecule has 4 heteroatoms. The normalized spacial score (nSPS) is 14.0. The molecule has 1 saturated carbocycles. The summed E-state index contributed by atoms with van der Waals surface area (Å²) in [6.45, 7) is 3.05. The van der Waals surface area contributed by atoms with Crippen LogP contribution in [0, 0.1) is 12.7 Å². The molecule has 0 spiro atoms. The summed E-state index contributed by atoms with van der Waals surface area (Å²) in [7, 11) is 0. The lowest BCUT2D eigenvalue weighted by molar-refractivity contribution is -0.117. The highest BCUT2D eigenvalue weighted by atomic mass is 19.1. The van der Waals surface area contributed by atoms with Gasteiger partial charge in [-0.15, -0.1) is 0 Å². The molecule has 0 radical (unpaired) electrons. The molecule has 2 aromatic rings. The summed E-state index contributed by atoms with van der Waals surface area (Å²) < 4.78 is 13.0. The molecule has 1 fully saturated rings. The number of halogens is 1. The Bertz CT molecular complexity index is 663. The Hall–Kier alpha value is -2.20. The van der Waals surface area contributed by atoms with E-state index in [1.54, 1.807) is 12.1 Å². The Morgan fingerprint density at radius 2 is 1.78 bits per heavy atom. The highest BCUT2D eigenvalue weighted by Gasteiger charge is 2.30. The summed E-state index contributed by atoms with van der Waals surface area (Å²) in [4.78, 5) is 14.4. The van der Waals surface area contributed by atoms with Gasteiger partial charge < -0.3 is 5.32 Å². The predicted molar refractivity (Wildman–Crippen MR) is 89.6 cm³/mol. The maximum Gasteiger partial charge on any atom is 0.238 e. The number of carbonyl (C=O) groups excluding carboxylic acids is 1. The zero-order chi connectivity index (χ0) is 16.2. The first-order chi connectivity index (χ1) is 11.1. The Balaban J connectivity index is 1.59. The van der Waals surface area contributed by atoms with Crippen LogP contribution in [0.1, 0.15) is 24.0 Å². The van der Waals surface area contributed by atoms with Gasteiger partial charge in [-0.3, -0.25) is 9.69 Å². The van der Waals surface area contributed by atoms with Crippen LogP contribution in [0.4, 0.5) is 10.1 Å². The van der Waals surface area contributed by atoms with E-state index in [4.69, 9.17) is 0 Å². The number of anilines is 1. The topological polar surface area (TPSA) is 32.3 Å². The van der Waals surface area contributed by atoms with E-state index in [1.165, 1.54) is 17.7 Å². The second-order valence-electron chi connectivity index (χ2n) is 6.18. The van der Waals surface area contributed by atoms with Crippen LogP contribution in [0.2, 0.25) is 0 Å². The number of hydrogen-bond donors (Lipinski definition) is 1. The SMILES string of the molecule is Cc1ccc(NC(=O)CN(Cc2ccc(F)cc2)C2CC2)cc1. The lowest BCUT2D eigenvalue weighted by atomic mass is 10.2. The van der Waals surface area contributed by atoms with E-state index in [-0.39, 0.29) is 11.7 Å². The molecule has 1 aliphatic rings. The molecule has 23 heavy (non-hydrogen) atoms. The number of nitrogens with one attached hydrogen (secondary N) is 1. The Morgan fingerprint density at radius 1 is 1.13 bits per heavy atom. The summed E-state index contributed by atoms with van der Waals surface area (Å²) >= 11 is 0. The van der Waals surface area contributed by atoms with Crippen molar-refractivity contribution >= 4 is 11.6 Å². The predicted octanol–water partition coefficient (Wildman–Crippen LogP) is 3.74. The van der Waals surface area contributed by atoms with E-state index in [9.17, 15) is 9.18 Å². The minimum Gasteiger partial charge on any atom is -0.325 e. The Kier molecular flexibility index (Phi) is 4.72. The van der Waals surface area contributed by atoms with Crippen molar-refractivity contribution in [3.8, 4) is 0 Å². The fraction of sp³-hybridized carbons (Fsp3) is 0.316. The Labute approximate surface area is 136 Å². The van der Waals surface area contributed by atoms with Gasteiger partial charge >= 0.3 is 0 Å². The average Bonchev–Trinajstić information content (AvgIpc) is 3.36. The summed E-state index contributed by atoms with van der Waals surface area (Å²) in [6, 6.07) is 14.7. The van der Waals surface area contributed by atoms with Gasteiger partial charge in [0.05, 0.1) is 6.54 Å². The molecule has 0 aromatic heterocycles. The Morgan fingerprint density at radius 3 is 2.39 bits per heavy atom. The molecule has 0 bridgehead atoms. The van der Waals surface area contributed by atoms with Crippen molar-refractivity contribution in [1.82, 2.24) is 4.90 Å². The summed E-state index contributed by atoms with van der Waals surface area (Å²) in [5.74, 6) is -0.244. The molecule has 3 nitrogen and oxygen atoms in total. The molecule has 0 saturated heterocycles. The fourth-order valence-corrected chi connectivity index (χ4v) is 2.60. The first-order valence-corrected chi connectivity index (χ1v) is 7.95. The van der Waals surface area contributed by atoms with Crippen LogP contribution in [-0.2, 0) is 11.3 Å². The van der Waals surface area contributed by atoms with Crippen molar-refractivity contribution in [2.24, 2.45) is 0 Å². The maximum absolute atomic E-state index is 13.0. The van der Waals surface area contributed by atoms with Gasteiger partial charge in [0.2, 0.25) is 5.91 Å². The monoisotopic (exact) mass is 312 g/mol. The second-order valence-corrected chi connectivity index (χ2v) is 6.18. The van der Waals surface area contributed by atoms with Crippen LogP contribution in [0.15, 0.2) is 48.5 Å². The fourth-order valence-electron chi connectivity index (χ4n) is 2.60. The third kappa shape index (κ3) is 4.63. The number of aryl methyl sites for hydroxylation is 1.